The van der Waals surface area contributed by atoms with Crippen molar-refractivity contribution in [3.63, 3.8) is 0 Å². The Kier molecular flexibility index (Phi) is 3.35. The van der Waals surface area contributed by atoms with E-state index in [0.29, 0.717) is 5.82 Å². The lowest BCUT2D eigenvalue weighted by atomic mass is 9.68. The summed E-state index contributed by atoms with van der Waals surface area (Å²) in [5.74, 6) is 0.501. The van der Waals surface area contributed by atoms with Crippen LogP contribution in [0.1, 0.15) is 47.0 Å². The lowest BCUT2D eigenvalue weighted by Crippen LogP contribution is -2.44. The molecular weight excluding hydrogens is 203 g/mol. The van der Waals surface area contributed by atoms with Gasteiger partial charge in [-0.2, -0.15) is 0 Å². The van der Waals surface area contributed by atoms with Crippen molar-refractivity contribution in [1.82, 2.24) is 0 Å². The molecule has 0 N–H and O–H groups in total. The van der Waals surface area contributed by atoms with E-state index in [2.05, 4.69) is 27.7 Å². The molecule has 0 aliphatic carbocycles. The lowest BCUT2D eigenvalue weighted by Gasteiger charge is -2.35. The Bertz CT molecular complexity index is 251. The largest absolute Gasteiger partial charge is 0.461 e. The van der Waals surface area contributed by atoms with Gasteiger partial charge in [-0.15, -0.1) is 0 Å². The van der Waals surface area contributed by atoms with E-state index >= 15 is 0 Å². The fourth-order valence-electron chi connectivity index (χ4n) is 2.53. The van der Waals surface area contributed by atoms with E-state index in [-0.39, 0.29) is 18.3 Å². The van der Waals surface area contributed by atoms with Crippen molar-refractivity contribution >= 4 is 7.12 Å². The maximum atomic E-state index is 6.18. The standard InChI is InChI=1S/C12H23BO3/c1-5-12(4)11(2,3)15-13(16-12)10-6-8-14-9-7-10/h10H,5-9H2,1-4H3. The molecule has 0 amide bonds. The molecule has 92 valence electrons. The van der Waals surface area contributed by atoms with Crippen LogP contribution < -0.4 is 0 Å². The van der Waals surface area contributed by atoms with Gasteiger partial charge in [-0.1, -0.05) is 6.92 Å². The van der Waals surface area contributed by atoms with Gasteiger partial charge in [0.2, 0.25) is 0 Å². The van der Waals surface area contributed by atoms with Gasteiger partial charge >= 0.3 is 7.12 Å². The summed E-state index contributed by atoms with van der Waals surface area (Å²) in [7, 11) is -0.0381. The molecule has 0 spiro atoms. The summed E-state index contributed by atoms with van der Waals surface area (Å²) in [5.41, 5.74) is -0.347. The first-order valence-electron chi connectivity index (χ1n) is 6.42. The molecule has 1 unspecified atom stereocenters. The van der Waals surface area contributed by atoms with Gasteiger partial charge in [0.1, 0.15) is 0 Å². The summed E-state index contributed by atoms with van der Waals surface area (Å²) in [6, 6.07) is 0. The Morgan fingerprint density at radius 3 is 2.25 bits per heavy atom. The molecule has 2 aliphatic heterocycles. The Morgan fingerprint density at radius 1 is 1.12 bits per heavy atom. The van der Waals surface area contributed by atoms with Gasteiger partial charge in [-0.3, -0.25) is 0 Å². The molecule has 0 aromatic heterocycles. The molecular formula is C12H23BO3. The van der Waals surface area contributed by atoms with E-state index in [0.717, 1.165) is 32.5 Å². The molecule has 0 saturated carbocycles. The highest BCUT2D eigenvalue weighted by atomic mass is 16.7. The first-order valence-corrected chi connectivity index (χ1v) is 6.42. The monoisotopic (exact) mass is 226 g/mol. The van der Waals surface area contributed by atoms with Crippen molar-refractivity contribution in [2.75, 3.05) is 13.2 Å². The zero-order chi connectivity index (χ0) is 11.8. The Balaban J connectivity index is 2.04. The summed E-state index contributed by atoms with van der Waals surface area (Å²) in [6.45, 7) is 10.3. The smallest absolute Gasteiger partial charge is 0.403 e. The topological polar surface area (TPSA) is 27.7 Å². The van der Waals surface area contributed by atoms with Gasteiger partial charge < -0.3 is 14.0 Å². The van der Waals surface area contributed by atoms with E-state index in [1.165, 1.54) is 0 Å². The Morgan fingerprint density at radius 2 is 1.75 bits per heavy atom. The summed E-state index contributed by atoms with van der Waals surface area (Å²) < 4.78 is 17.7. The van der Waals surface area contributed by atoms with Crippen LogP contribution in [0, 0.1) is 0 Å². The number of hydrogen-bond donors (Lipinski definition) is 0. The minimum absolute atomic E-state index is 0.0381. The average molecular weight is 226 g/mol. The van der Waals surface area contributed by atoms with Crippen LogP contribution in [0.15, 0.2) is 0 Å². The van der Waals surface area contributed by atoms with Crippen molar-refractivity contribution in [3.8, 4) is 0 Å². The Hall–Kier alpha value is -0.0551. The summed E-state index contributed by atoms with van der Waals surface area (Å²) in [5, 5.41) is 0. The van der Waals surface area contributed by atoms with Gasteiger partial charge in [0.15, 0.2) is 0 Å². The van der Waals surface area contributed by atoms with E-state index in [9.17, 15) is 0 Å². The van der Waals surface area contributed by atoms with Crippen LogP contribution in [-0.2, 0) is 14.0 Å². The summed E-state index contributed by atoms with van der Waals surface area (Å²) in [6.07, 6.45) is 3.10. The number of rotatable bonds is 2. The fourth-order valence-corrected chi connectivity index (χ4v) is 2.53. The molecule has 3 nitrogen and oxygen atoms in total. The zero-order valence-electron chi connectivity index (χ0n) is 10.9. The minimum Gasteiger partial charge on any atom is -0.403 e. The number of hydrogen-bond acceptors (Lipinski definition) is 3. The van der Waals surface area contributed by atoms with Crippen LogP contribution in [0.2, 0.25) is 5.82 Å². The number of ether oxygens (including phenoxy) is 1. The maximum absolute atomic E-state index is 6.18. The second-order valence-corrected chi connectivity index (χ2v) is 5.65. The van der Waals surface area contributed by atoms with Crippen LogP contribution in [0.4, 0.5) is 0 Å². The van der Waals surface area contributed by atoms with Crippen LogP contribution in [0.3, 0.4) is 0 Å². The van der Waals surface area contributed by atoms with E-state index < -0.39 is 0 Å². The highest BCUT2D eigenvalue weighted by molar-refractivity contribution is 6.47. The molecule has 0 aromatic rings. The quantitative estimate of drug-likeness (QED) is 0.677. The van der Waals surface area contributed by atoms with E-state index in [1.807, 2.05) is 0 Å². The van der Waals surface area contributed by atoms with Gasteiger partial charge in [0.05, 0.1) is 11.2 Å². The Labute approximate surface area is 99.0 Å². The molecule has 2 fully saturated rings. The van der Waals surface area contributed by atoms with Crippen molar-refractivity contribution in [1.29, 1.82) is 0 Å². The van der Waals surface area contributed by atoms with E-state index in [1.54, 1.807) is 0 Å². The van der Waals surface area contributed by atoms with Gasteiger partial charge in [-0.25, -0.2) is 0 Å². The van der Waals surface area contributed by atoms with Crippen LogP contribution >= 0.6 is 0 Å². The molecule has 2 saturated heterocycles. The molecule has 2 heterocycles. The molecule has 16 heavy (non-hydrogen) atoms. The first-order chi connectivity index (χ1) is 7.48. The van der Waals surface area contributed by atoms with Crippen molar-refractivity contribution in [2.45, 2.75) is 64.0 Å². The molecule has 1 atom stereocenters. The molecule has 2 rings (SSSR count). The summed E-state index contributed by atoms with van der Waals surface area (Å²) >= 11 is 0. The first kappa shape index (κ1) is 12.4. The van der Waals surface area contributed by atoms with Crippen molar-refractivity contribution in [2.24, 2.45) is 0 Å². The zero-order valence-corrected chi connectivity index (χ0v) is 10.9. The molecule has 0 radical (unpaired) electrons. The highest BCUT2D eigenvalue weighted by Gasteiger charge is 2.55. The minimum atomic E-state index is -0.190. The SMILES string of the molecule is CCC1(C)OB(C2CCOCC2)OC1(C)C. The van der Waals surface area contributed by atoms with Crippen molar-refractivity contribution < 1.29 is 14.0 Å². The fraction of sp³-hybridized carbons (Fsp3) is 1.00. The summed E-state index contributed by atoms with van der Waals surface area (Å²) in [4.78, 5) is 0. The third kappa shape index (κ3) is 2.03. The molecule has 0 aromatic carbocycles. The third-order valence-corrected chi connectivity index (χ3v) is 4.39. The van der Waals surface area contributed by atoms with Gasteiger partial charge in [0, 0.05) is 13.2 Å². The average Bonchev–Trinajstić information content (AvgIpc) is 2.52. The normalized spacial score (nSPS) is 35.6. The predicted octanol–water partition coefficient (Wildman–Crippen LogP) is 2.65. The third-order valence-electron chi connectivity index (χ3n) is 4.39. The van der Waals surface area contributed by atoms with Crippen LogP contribution in [-0.4, -0.2) is 31.5 Å². The predicted molar refractivity (Wildman–Crippen MR) is 64.5 cm³/mol. The van der Waals surface area contributed by atoms with Gasteiger partial charge in [-0.05, 0) is 45.9 Å². The second-order valence-electron chi connectivity index (χ2n) is 5.65. The van der Waals surface area contributed by atoms with Crippen LogP contribution in [0.25, 0.3) is 0 Å². The molecule has 0 bridgehead atoms. The highest BCUT2D eigenvalue weighted by Crippen LogP contribution is 2.44. The van der Waals surface area contributed by atoms with Crippen molar-refractivity contribution in [3.05, 3.63) is 0 Å². The van der Waals surface area contributed by atoms with E-state index in [4.69, 9.17) is 14.0 Å². The lowest BCUT2D eigenvalue weighted by molar-refractivity contribution is -0.0119. The molecule has 4 heteroatoms. The maximum Gasteiger partial charge on any atom is 0.461 e. The second kappa shape index (κ2) is 4.32. The molecule has 2 aliphatic rings. The van der Waals surface area contributed by atoms with Crippen LogP contribution in [0.5, 0.6) is 0 Å². The van der Waals surface area contributed by atoms with Gasteiger partial charge in [0.25, 0.3) is 0 Å².